The Kier molecular flexibility index (Phi) is 4.26. The number of aromatic amines is 1. The third-order valence-electron chi connectivity index (χ3n) is 2.39. The van der Waals surface area contributed by atoms with Crippen LogP contribution in [-0.2, 0) is 4.79 Å². The number of carbonyl (C=O) groups is 1. The van der Waals surface area contributed by atoms with E-state index in [0.29, 0.717) is 21.9 Å². The van der Waals surface area contributed by atoms with Crippen LogP contribution in [0.4, 0.5) is 0 Å². The van der Waals surface area contributed by atoms with Crippen molar-refractivity contribution in [3.05, 3.63) is 40.4 Å². The lowest BCUT2D eigenvalue weighted by Gasteiger charge is -2.06. The summed E-state index contributed by atoms with van der Waals surface area (Å²) in [7, 11) is 0. The van der Waals surface area contributed by atoms with Crippen molar-refractivity contribution in [1.29, 1.82) is 0 Å². The summed E-state index contributed by atoms with van der Waals surface area (Å²) in [5, 5.41) is 19.4. The van der Waals surface area contributed by atoms with Gasteiger partial charge in [0.2, 0.25) is 4.77 Å². The number of benzene rings is 1. The van der Waals surface area contributed by atoms with Crippen molar-refractivity contribution in [3.8, 4) is 5.75 Å². The van der Waals surface area contributed by atoms with Gasteiger partial charge < -0.3 is 9.84 Å². The van der Waals surface area contributed by atoms with Gasteiger partial charge in [-0.1, -0.05) is 12.1 Å². The highest BCUT2D eigenvalue weighted by Crippen LogP contribution is 2.15. The molecule has 104 valence electrons. The van der Waals surface area contributed by atoms with Gasteiger partial charge in [-0.3, -0.25) is 5.10 Å². The number of nitrogens with zero attached hydrogens (tertiary/aromatic N) is 3. The molecule has 2 N–H and O–H groups in total. The van der Waals surface area contributed by atoms with E-state index in [2.05, 4.69) is 15.3 Å². The lowest BCUT2D eigenvalue weighted by atomic mass is 10.2. The lowest BCUT2D eigenvalue weighted by molar-refractivity contribution is -0.139. The van der Waals surface area contributed by atoms with E-state index in [9.17, 15) is 4.79 Å². The van der Waals surface area contributed by atoms with Crippen molar-refractivity contribution in [1.82, 2.24) is 14.9 Å². The average molecular weight is 292 g/mol. The summed E-state index contributed by atoms with van der Waals surface area (Å²) in [6.45, 7) is 1.35. The zero-order valence-corrected chi connectivity index (χ0v) is 11.4. The van der Waals surface area contributed by atoms with E-state index >= 15 is 0 Å². The van der Waals surface area contributed by atoms with Crippen LogP contribution in [-0.4, -0.2) is 38.8 Å². The number of nitrogens with one attached hydrogen (secondary N) is 1. The minimum Gasteiger partial charge on any atom is -0.481 e. The maximum Gasteiger partial charge on any atom is 0.341 e. The highest BCUT2D eigenvalue weighted by molar-refractivity contribution is 7.71. The number of para-hydroxylation sites is 1. The fraction of sp³-hybridized carbons (Fsp3) is 0.167. The number of rotatable bonds is 5. The van der Waals surface area contributed by atoms with E-state index in [0.717, 1.165) is 0 Å². The topological polar surface area (TPSA) is 92.5 Å². The van der Waals surface area contributed by atoms with E-state index in [4.69, 9.17) is 22.1 Å². The van der Waals surface area contributed by atoms with E-state index in [-0.39, 0.29) is 0 Å². The molecular weight excluding hydrogens is 280 g/mol. The van der Waals surface area contributed by atoms with Crippen LogP contribution in [0, 0.1) is 11.7 Å². The molecule has 1 aromatic carbocycles. The monoisotopic (exact) mass is 292 g/mol. The molecule has 0 amide bonds. The van der Waals surface area contributed by atoms with Gasteiger partial charge in [0.25, 0.3) is 0 Å². The summed E-state index contributed by atoms with van der Waals surface area (Å²) in [6, 6.07) is 6.99. The van der Waals surface area contributed by atoms with Crippen LogP contribution in [0.25, 0.3) is 0 Å². The lowest BCUT2D eigenvalue weighted by Crippen LogP contribution is -2.10. The molecule has 0 atom stereocenters. The molecule has 0 saturated heterocycles. The number of hydrogen-bond acceptors (Lipinski definition) is 5. The summed E-state index contributed by atoms with van der Waals surface area (Å²) >= 11 is 5.03. The van der Waals surface area contributed by atoms with Crippen LogP contribution in [0.1, 0.15) is 11.4 Å². The first kappa shape index (κ1) is 13.9. The van der Waals surface area contributed by atoms with E-state index in [1.54, 1.807) is 31.2 Å². The van der Waals surface area contributed by atoms with Gasteiger partial charge in [0.15, 0.2) is 6.61 Å². The molecule has 0 radical (unpaired) electrons. The molecule has 2 rings (SSSR count). The van der Waals surface area contributed by atoms with Gasteiger partial charge in [0.05, 0.1) is 6.21 Å². The fourth-order valence-corrected chi connectivity index (χ4v) is 1.71. The van der Waals surface area contributed by atoms with Gasteiger partial charge in [0.1, 0.15) is 11.6 Å². The first-order valence-electron chi connectivity index (χ1n) is 5.70. The van der Waals surface area contributed by atoms with Crippen molar-refractivity contribution in [2.75, 3.05) is 6.61 Å². The van der Waals surface area contributed by atoms with Crippen LogP contribution in [0.2, 0.25) is 0 Å². The highest BCUT2D eigenvalue weighted by Gasteiger charge is 2.04. The SMILES string of the molecule is Cc1n[nH]c(=S)n1/N=C/c1ccccc1OCC(=O)O. The molecule has 0 aliphatic rings. The molecule has 0 aliphatic carbocycles. The number of carboxylic acids is 1. The Hall–Kier alpha value is -2.48. The Morgan fingerprint density at radius 3 is 3.00 bits per heavy atom. The Balaban J connectivity index is 2.25. The first-order valence-corrected chi connectivity index (χ1v) is 6.11. The zero-order valence-electron chi connectivity index (χ0n) is 10.6. The van der Waals surface area contributed by atoms with Crippen LogP contribution >= 0.6 is 12.2 Å². The molecule has 1 aromatic heterocycles. The van der Waals surface area contributed by atoms with Gasteiger partial charge in [0, 0.05) is 5.56 Å². The Morgan fingerprint density at radius 2 is 2.35 bits per heavy atom. The average Bonchev–Trinajstić information content (AvgIpc) is 2.74. The third-order valence-corrected chi connectivity index (χ3v) is 2.66. The van der Waals surface area contributed by atoms with Crippen LogP contribution in [0.3, 0.4) is 0 Å². The number of aryl methyl sites for hydroxylation is 1. The Labute approximate surface area is 119 Å². The van der Waals surface area contributed by atoms with Gasteiger partial charge in [-0.2, -0.15) is 14.9 Å². The zero-order chi connectivity index (χ0) is 14.5. The number of aliphatic carboxylic acids is 1. The number of carboxylic acid groups (broad SMARTS) is 1. The van der Waals surface area contributed by atoms with Crippen molar-refractivity contribution in [3.63, 3.8) is 0 Å². The molecule has 0 fully saturated rings. The summed E-state index contributed by atoms with van der Waals surface area (Å²) in [5.74, 6) is 0.0196. The van der Waals surface area contributed by atoms with Gasteiger partial charge in [-0.05, 0) is 31.3 Å². The summed E-state index contributed by atoms with van der Waals surface area (Å²) in [5.41, 5.74) is 0.649. The minimum absolute atomic E-state index is 0.377. The van der Waals surface area contributed by atoms with Crippen LogP contribution in [0.5, 0.6) is 5.75 Å². The molecular formula is C12H12N4O3S. The van der Waals surface area contributed by atoms with E-state index in [1.807, 2.05) is 0 Å². The second kappa shape index (κ2) is 6.11. The number of ether oxygens (including phenoxy) is 1. The summed E-state index contributed by atoms with van der Waals surface area (Å²) < 4.78 is 7.02. The summed E-state index contributed by atoms with van der Waals surface area (Å²) in [4.78, 5) is 10.5. The van der Waals surface area contributed by atoms with Crippen molar-refractivity contribution in [2.24, 2.45) is 5.10 Å². The molecule has 1 heterocycles. The van der Waals surface area contributed by atoms with Crippen molar-refractivity contribution in [2.45, 2.75) is 6.92 Å². The highest BCUT2D eigenvalue weighted by atomic mass is 32.1. The first-order chi connectivity index (χ1) is 9.58. The molecule has 0 bridgehead atoms. The number of H-pyrrole nitrogens is 1. The van der Waals surface area contributed by atoms with E-state index < -0.39 is 12.6 Å². The summed E-state index contributed by atoms with van der Waals surface area (Å²) in [6.07, 6.45) is 1.54. The maximum atomic E-state index is 10.5. The molecule has 8 heteroatoms. The number of aromatic nitrogens is 3. The minimum atomic E-state index is -1.04. The smallest absolute Gasteiger partial charge is 0.341 e. The normalized spacial score (nSPS) is 10.8. The van der Waals surface area contributed by atoms with Gasteiger partial charge in [-0.15, -0.1) is 0 Å². The van der Waals surface area contributed by atoms with Gasteiger partial charge in [-0.25, -0.2) is 4.79 Å². The molecule has 0 spiro atoms. The second-order valence-electron chi connectivity index (χ2n) is 3.85. The third kappa shape index (κ3) is 3.29. The van der Waals surface area contributed by atoms with Crippen molar-refractivity contribution < 1.29 is 14.6 Å². The predicted octanol–water partition coefficient (Wildman–Crippen LogP) is 1.59. The number of hydrogen-bond donors (Lipinski definition) is 2. The predicted molar refractivity (Wildman–Crippen MR) is 74.7 cm³/mol. The maximum absolute atomic E-state index is 10.5. The quantitative estimate of drug-likeness (QED) is 0.645. The molecule has 7 nitrogen and oxygen atoms in total. The van der Waals surface area contributed by atoms with E-state index in [1.165, 1.54) is 10.9 Å². The fourth-order valence-electron chi connectivity index (χ4n) is 1.48. The Bertz CT molecular complexity index is 705. The Morgan fingerprint density at radius 1 is 1.60 bits per heavy atom. The standard InChI is InChI=1S/C12H12N4O3S/c1-8-14-15-12(20)16(8)13-6-9-4-2-3-5-10(9)19-7-11(17)18/h2-6H,7H2,1H3,(H,15,20)(H,17,18)/b13-6+. The molecule has 20 heavy (non-hydrogen) atoms. The van der Waals surface area contributed by atoms with Gasteiger partial charge >= 0.3 is 5.97 Å². The largest absolute Gasteiger partial charge is 0.481 e. The van der Waals surface area contributed by atoms with Crippen LogP contribution in [0.15, 0.2) is 29.4 Å². The van der Waals surface area contributed by atoms with Crippen molar-refractivity contribution >= 4 is 24.4 Å². The molecule has 0 aliphatic heterocycles. The van der Waals surface area contributed by atoms with Crippen LogP contribution < -0.4 is 4.74 Å². The molecule has 0 saturated carbocycles. The second-order valence-corrected chi connectivity index (χ2v) is 4.24. The molecule has 2 aromatic rings. The molecule has 0 unspecified atom stereocenters.